The summed E-state index contributed by atoms with van der Waals surface area (Å²) in [7, 11) is 0. The molecular formula is C21H21F3N4O2S. The first-order chi connectivity index (χ1) is 14.6. The van der Waals surface area contributed by atoms with E-state index in [0.717, 1.165) is 30.4 Å². The molecule has 10 heteroatoms. The van der Waals surface area contributed by atoms with Crippen LogP contribution in [-0.2, 0) is 6.18 Å². The van der Waals surface area contributed by atoms with Crippen LogP contribution in [-0.4, -0.2) is 27.3 Å². The Morgan fingerprint density at radius 1 is 1.26 bits per heavy atom. The molecule has 2 aromatic heterocycles. The third-order valence-corrected chi connectivity index (χ3v) is 6.60. The number of nitrogens with zero attached hydrogens (tertiary/aromatic N) is 2. The summed E-state index contributed by atoms with van der Waals surface area (Å²) in [5.74, 6) is -0.907. The molecule has 0 bridgehead atoms. The number of fused-ring (bicyclic) bond motifs is 1. The molecule has 4 rings (SSSR count). The van der Waals surface area contributed by atoms with Crippen LogP contribution in [0, 0.1) is 6.92 Å². The Kier molecular flexibility index (Phi) is 5.28. The number of aromatic amines is 1. The van der Waals surface area contributed by atoms with E-state index in [1.54, 1.807) is 13.0 Å². The number of anilines is 2. The number of alkyl halides is 3. The molecular weight excluding hydrogens is 429 g/mol. The van der Waals surface area contributed by atoms with E-state index in [0.29, 0.717) is 16.2 Å². The van der Waals surface area contributed by atoms with Gasteiger partial charge in [-0.2, -0.15) is 17.5 Å². The van der Waals surface area contributed by atoms with Crippen molar-refractivity contribution in [2.45, 2.75) is 51.9 Å². The van der Waals surface area contributed by atoms with Crippen molar-refractivity contribution in [2.75, 3.05) is 10.2 Å². The minimum absolute atomic E-state index is 0.129. The third kappa shape index (κ3) is 3.80. The lowest BCUT2D eigenvalue weighted by atomic mass is 10.1. The van der Waals surface area contributed by atoms with E-state index >= 15 is 0 Å². The molecule has 2 N–H and O–H groups in total. The van der Waals surface area contributed by atoms with Gasteiger partial charge in [-0.05, 0) is 63.3 Å². The first kappa shape index (κ1) is 21.4. The van der Waals surface area contributed by atoms with Crippen molar-refractivity contribution in [1.82, 2.24) is 9.36 Å². The molecule has 1 aromatic carbocycles. The highest BCUT2D eigenvalue weighted by molar-refractivity contribution is 7.12. The molecule has 6 nitrogen and oxygen atoms in total. The van der Waals surface area contributed by atoms with Crippen molar-refractivity contribution in [3.05, 3.63) is 51.4 Å². The second kappa shape index (κ2) is 7.67. The van der Waals surface area contributed by atoms with Crippen LogP contribution in [0.5, 0.6) is 0 Å². The van der Waals surface area contributed by atoms with Crippen molar-refractivity contribution in [3.8, 4) is 0 Å². The molecule has 3 aromatic rings. The van der Waals surface area contributed by atoms with Gasteiger partial charge in [0, 0.05) is 24.0 Å². The second-order valence-corrected chi connectivity index (χ2v) is 8.64. The van der Waals surface area contributed by atoms with Gasteiger partial charge in [0.2, 0.25) is 5.43 Å². The number of aromatic nitrogens is 2. The molecule has 0 saturated carbocycles. The van der Waals surface area contributed by atoms with Crippen LogP contribution < -0.4 is 15.6 Å². The fourth-order valence-electron chi connectivity index (χ4n) is 4.17. The smallest absolute Gasteiger partial charge is 0.366 e. The second-order valence-electron chi connectivity index (χ2n) is 7.87. The average Bonchev–Trinajstić information content (AvgIpc) is 3.24. The standard InChI is InChI=1S/C21H21F3N4O2S/c1-10-4-5-11(2)28(10)13-6-7-16(15(8-13)21(22,23)24)26-19(30)14-9-25-20-17(18(14)29)12(3)27-31-20/h6-11H,4-5H2,1-3H3,(H,25,29)(H,26,30)/t10-,11-/m1/s1. The number of hydrogen-bond acceptors (Lipinski definition) is 5. The summed E-state index contributed by atoms with van der Waals surface area (Å²) in [4.78, 5) is 30.7. The number of amides is 1. The van der Waals surface area contributed by atoms with Gasteiger partial charge < -0.3 is 15.2 Å². The van der Waals surface area contributed by atoms with Crippen LogP contribution in [0.3, 0.4) is 0 Å². The van der Waals surface area contributed by atoms with Gasteiger partial charge in [-0.25, -0.2) is 0 Å². The molecule has 3 heterocycles. The lowest BCUT2D eigenvalue weighted by molar-refractivity contribution is -0.136. The molecule has 31 heavy (non-hydrogen) atoms. The summed E-state index contributed by atoms with van der Waals surface area (Å²) in [6.45, 7) is 5.60. The monoisotopic (exact) mass is 450 g/mol. The quantitative estimate of drug-likeness (QED) is 0.593. The number of carbonyl (C=O) groups is 1. The molecule has 1 fully saturated rings. The minimum atomic E-state index is -4.67. The highest BCUT2D eigenvalue weighted by Crippen LogP contribution is 2.39. The highest BCUT2D eigenvalue weighted by Gasteiger charge is 2.36. The minimum Gasteiger partial charge on any atom is -0.366 e. The van der Waals surface area contributed by atoms with E-state index in [2.05, 4.69) is 14.7 Å². The van der Waals surface area contributed by atoms with Crippen LogP contribution >= 0.6 is 11.5 Å². The van der Waals surface area contributed by atoms with Gasteiger partial charge in [-0.15, -0.1) is 0 Å². The van der Waals surface area contributed by atoms with Gasteiger partial charge >= 0.3 is 6.18 Å². The zero-order valence-electron chi connectivity index (χ0n) is 17.1. The molecule has 164 valence electrons. The first-order valence-corrected chi connectivity index (χ1v) is 10.6. The summed E-state index contributed by atoms with van der Waals surface area (Å²) in [6, 6.07) is 4.14. The SMILES string of the molecule is Cc1nsc2[nH]cc(C(=O)Nc3ccc(N4[C@H](C)CC[C@H]4C)cc3C(F)(F)F)c(=O)c12. The molecule has 0 unspecified atom stereocenters. The Labute approximate surface area is 180 Å². The number of nitrogens with one attached hydrogen (secondary N) is 2. The van der Waals surface area contributed by atoms with E-state index in [-0.39, 0.29) is 28.7 Å². The molecule has 0 spiro atoms. The molecule has 1 amide bonds. The van der Waals surface area contributed by atoms with E-state index in [9.17, 15) is 22.8 Å². The van der Waals surface area contributed by atoms with Gasteiger partial charge in [-0.3, -0.25) is 9.59 Å². The molecule has 1 saturated heterocycles. The number of halogens is 3. The van der Waals surface area contributed by atoms with Crippen LogP contribution in [0.1, 0.15) is 48.3 Å². The highest BCUT2D eigenvalue weighted by atomic mass is 32.1. The lowest BCUT2D eigenvalue weighted by Gasteiger charge is -2.30. The van der Waals surface area contributed by atoms with Crippen LogP contribution in [0.2, 0.25) is 0 Å². The Hall–Kier alpha value is -2.88. The topological polar surface area (TPSA) is 78.1 Å². The predicted molar refractivity (Wildman–Crippen MR) is 115 cm³/mol. The van der Waals surface area contributed by atoms with Crippen LogP contribution in [0.4, 0.5) is 24.5 Å². The fourth-order valence-corrected chi connectivity index (χ4v) is 4.94. The number of hydrogen-bond donors (Lipinski definition) is 2. The largest absolute Gasteiger partial charge is 0.418 e. The number of pyridine rings is 1. The number of aryl methyl sites for hydroxylation is 1. The third-order valence-electron chi connectivity index (χ3n) is 5.73. The van der Waals surface area contributed by atoms with Crippen LogP contribution in [0.15, 0.2) is 29.2 Å². The van der Waals surface area contributed by atoms with Crippen molar-refractivity contribution in [2.24, 2.45) is 0 Å². The molecule has 1 aliphatic rings. The maximum Gasteiger partial charge on any atom is 0.418 e. The van der Waals surface area contributed by atoms with Gasteiger partial charge in [0.1, 0.15) is 10.4 Å². The van der Waals surface area contributed by atoms with Crippen LogP contribution in [0.25, 0.3) is 10.2 Å². The normalized spacial score (nSPS) is 19.2. The van der Waals surface area contributed by atoms with Crippen molar-refractivity contribution >= 4 is 39.0 Å². The van der Waals surface area contributed by atoms with E-state index in [4.69, 9.17) is 0 Å². The van der Waals surface area contributed by atoms with E-state index in [1.165, 1.54) is 12.3 Å². The summed E-state index contributed by atoms with van der Waals surface area (Å²) in [5, 5.41) is 2.54. The van der Waals surface area contributed by atoms with E-state index < -0.39 is 23.1 Å². The van der Waals surface area contributed by atoms with Gasteiger partial charge in [0.15, 0.2) is 0 Å². The maximum atomic E-state index is 13.8. The number of rotatable bonds is 3. The Bertz CT molecular complexity index is 1210. The fraction of sp³-hybridized carbons (Fsp3) is 0.381. The zero-order valence-corrected chi connectivity index (χ0v) is 17.9. The summed E-state index contributed by atoms with van der Waals surface area (Å²) in [6.07, 6.45) is -1.66. The molecule has 0 radical (unpaired) electrons. The summed E-state index contributed by atoms with van der Waals surface area (Å²) in [5.41, 5.74) is -1.25. The predicted octanol–water partition coefficient (Wildman–Crippen LogP) is 4.94. The van der Waals surface area contributed by atoms with Gasteiger partial charge in [0.05, 0.1) is 22.3 Å². The molecule has 2 atom stereocenters. The maximum absolute atomic E-state index is 13.8. The van der Waals surface area contributed by atoms with Gasteiger partial charge in [0.25, 0.3) is 5.91 Å². The van der Waals surface area contributed by atoms with E-state index in [1.807, 2.05) is 18.7 Å². The Balaban J connectivity index is 1.71. The average molecular weight is 450 g/mol. The Morgan fingerprint density at radius 3 is 2.58 bits per heavy atom. The number of carbonyl (C=O) groups excluding carboxylic acids is 1. The van der Waals surface area contributed by atoms with Gasteiger partial charge in [-0.1, -0.05) is 0 Å². The number of H-pyrrole nitrogens is 1. The Morgan fingerprint density at radius 2 is 1.94 bits per heavy atom. The number of benzene rings is 1. The molecule has 1 aliphatic heterocycles. The first-order valence-electron chi connectivity index (χ1n) is 9.86. The molecule has 0 aliphatic carbocycles. The van der Waals surface area contributed by atoms with Crippen molar-refractivity contribution in [3.63, 3.8) is 0 Å². The van der Waals surface area contributed by atoms with Crippen molar-refractivity contribution in [1.29, 1.82) is 0 Å². The summed E-state index contributed by atoms with van der Waals surface area (Å²) >= 11 is 1.08. The lowest BCUT2D eigenvalue weighted by Crippen LogP contribution is -2.32. The summed E-state index contributed by atoms with van der Waals surface area (Å²) < 4.78 is 45.5. The zero-order chi connectivity index (χ0) is 22.5. The van der Waals surface area contributed by atoms with Crippen molar-refractivity contribution < 1.29 is 18.0 Å².